The predicted molar refractivity (Wildman–Crippen MR) is 90.4 cm³/mol. The molecule has 1 aromatic heterocycles. The lowest BCUT2D eigenvalue weighted by molar-refractivity contribution is 0.0739. The zero-order chi connectivity index (χ0) is 25.1. The van der Waals surface area contributed by atoms with E-state index < -0.39 is 66.9 Å². The molecule has 0 bridgehead atoms. The van der Waals surface area contributed by atoms with Gasteiger partial charge in [0.25, 0.3) is 5.91 Å². The maximum Gasteiger partial charge on any atom is 0.254 e. The van der Waals surface area contributed by atoms with Crippen LogP contribution in [0.5, 0.6) is 0 Å². The number of carbonyl (C=O) groups is 1. The van der Waals surface area contributed by atoms with E-state index in [-0.39, 0.29) is 5.95 Å². The zero-order valence-electron chi connectivity index (χ0n) is 22.2. The van der Waals surface area contributed by atoms with E-state index >= 15 is 0 Å². The van der Waals surface area contributed by atoms with Crippen molar-refractivity contribution in [1.82, 2.24) is 9.97 Å². The molecule has 23 heavy (non-hydrogen) atoms. The molecule has 7 nitrogen and oxygen atoms in total. The van der Waals surface area contributed by atoms with Crippen LogP contribution in [0.15, 0.2) is 6.20 Å². The minimum atomic E-state index is -3.49. The number of rotatable bonds is 4. The Morgan fingerprint density at radius 2 is 2.30 bits per heavy atom. The second-order valence-electron chi connectivity index (χ2n) is 6.03. The summed E-state index contributed by atoms with van der Waals surface area (Å²) in [5.41, 5.74) is 4.31. The Hall–Kier alpha value is -1.89. The molecule has 1 saturated carbocycles. The number of nitrogens with one attached hydrogen (secondary N) is 2. The predicted octanol–water partition coefficient (Wildman–Crippen LogP) is 1.75. The van der Waals surface area contributed by atoms with Gasteiger partial charge in [-0.25, -0.2) is 4.98 Å². The highest BCUT2D eigenvalue weighted by molar-refractivity contribution is 5.97. The first-order valence-corrected chi connectivity index (χ1v) is 6.92. The molecular weight excluding hydrogens is 294 g/mol. The Labute approximate surface area is 149 Å². The fourth-order valence-electron chi connectivity index (χ4n) is 1.71. The van der Waals surface area contributed by atoms with Crippen LogP contribution in [0.1, 0.15) is 69.5 Å². The van der Waals surface area contributed by atoms with Crippen LogP contribution in [-0.4, -0.2) is 38.6 Å². The molecule has 2 rings (SSSR count). The SMILES string of the molecule is [2H]CC1C([2H])([2H])C([2H])([2H])C([2H])(Nc2nc(NC(C)(C)C)ncc2C(N)=O)C([2H])([2H])C1([2H])O. The quantitative estimate of drug-likeness (QED) is 0.669. The highest BCUT2D eigenvalue weighted by atomic mass is 16.3. The summed E-state index contributed by atoms with van der Waals surface area (Å²) in [6, 6.07) is -3.39. The number of primary amides is 1. The van der Waals surface area contributed by atoms with Crippen molar-refractivity contribution in [3.05, 3.63) is 11.8 Å². The van der Waals surface area contributed by atoms with Gasteiger partial charge >= 0.3 is 0 Å². The normalized spacial score (nSPS) is 43.7. The summed E-state index contributed by atoms with van der Waals surface area (Å²) in [7, 11) is 0. The number of aliphatic hydroxyl groups is 1. The first kappa shape index (κ1) is 8.82. The van der Waals surface area contributed by atoms with E-state index in [4.69, 9.17) is 18.1 Å². The first-order chi connectivity index (χ1) is 14.2. The molecule has 7 heteroatoms. The van der Waals surface area contributed by atoms with E-state index in [2.05, 4.69) is 20.6 Å². The Morgan fingerprint density at radius 3 is 2.91 bits per heavy atom. The molecular formula is C16H27N5O2. The topological polar surface area (TPSA) is 113 Å². The van der Waals surface area contributed by atoms with E-state index in [1.165, 1.54) is 0 Å². The van der Waals surface area contributed by atoms with E-state index in [9.17, 15) is 9.90 Å². The van der Waals surface area contributed by atoms with Crippen molar-refractivity contribution < 1.29 is 22.2 Å². The van der Waals surface area contributed by atoms with Gasteiger partial charge in [-0.1, -0.05) is 6.90 Å². The lowest BCUT2D eigenvalue weighted by Crippen LogP contribution is -2.36. The van der Waals surface area contributed by atoms with Crippen LogP contribution in [0.25, 0.3) is 0 Å². The Bertz CT molecular complexity index is 876. The van der Waals surface area contributed by atoms with Crippen LogP contribution in [0.2, 0.25) is 0 Å². The molecule has 0 radical (unpaired) electrons. The van der Waals surface area contributed by atoms with Crippen molar-refractivity contribution in [3.63, 3.8) is 0 Å². The monoisotopic (exact) mass is 330 g/mol. The lowest BCUT2D eigenvalue weighted by atomic mass is 9.85. The first-order valence-electron chi connectivity index (χ1n) is 11.6. The van der Waals surface area contributed by atoms with Crippen LogP contribution >= 0.6 is 0 Å². The second-order valence-corrected chi connectivity index (χ2v) is 6.03. The number of aromatic nitrogens is 2. The molecule has 3 unspecified atom stereocenters. The maximum atomic E-state index is 11.9. The molecule has 1 aliphatic rings. The molecule has 0 saturated heterocycles. The maximum absolute atomic E-state index is 11.9. The van der Waals surface area contributed by atoms with Crippen LogP contribution < -0.4 is 16.4 Å². The summed E-state index contributed by atoms with van der Waals surface area (Å²) < 4.78 is 73.8. The largest absolute Gasteiger partial charge is 0.393 e. The molecule has 5 N–H and O–H groups in total. The van der Waals surface area contributed by atoms with Gasteiger partial charge in [-0.2, -0.15) is 4.98 Å². The van der Waals surface area contributed by atoms with Crippen molar-refractivity contribution >= 4 is 17.7 Å². The highest BCUT2D eigenvalue weighted by Gasteiger charge is 2.27. The minimum Gasteiger partial charge on any atom is -0.393 e. The molecule has 0 aromatic carbocycles. The van der Waals surface area contributed by atoms with E-state index in [1.54, 1.807) is 20.8 Å². The second kappa shape index (κ2) is 6.70. The lowest BCUT2D eigenvalue weighted by Gasteiger charge is -2.32. The number of carbonyl (C=O) groups excluding carboxylic acids is 1. The summed E-state index contributed by atoms with van der Waals surface area (Å²) >= 11 is 0. The van der Waals surface area contributed by atoms with Gasteiger partial charge in [-0.15, -0.1) is 0 Å². The van der Waals surface area contributed by atoms with Gasteiger partial charge in [-0.05, 0) is 45.8 Å². The molecule has 0 aliphatic heterocycles. The smallest absolute Gasteiger partial charge is 0.254 e. The van der Waals surface area contributed by atoms with Gasteiger partial charge in [0.05, 0.1) is 14.4 Å². The molecule has 1 fully saturated rings. The van der Waals surface area contributed by atoms with Crippen molar-refractivity contribution in [1.29, 1.82) is 0 Å². The van der Waals surface area contributed by atoms with Gasteiger partial charge in [0.1, 0.15) is 5.82 Å². The number of nitrogens with zero attached hydrogens (tertiary/aromatic N) is 2. The summed E-state index contributed by atoms with van der Waals surface area (Å²) in [6.07, 6.45) is -12.5. The van der Waals surface area contributed by atoms with Crippen LogP contribution in [0, 0.1) is 5.92 Å². The van der Waals surface area contributed by atoms with Gasteiger partial charge in [0.2, 0.25) is 5.95 Å². The summed E-state index contributed by atoms with van der Waals surface area (Å²) in [5.74, 6) is -3.89. The van der Waals surface area contributed by atoms with Crippen molar-refractivity contribution in [3.8, 4) is 0 Å². The molecule has 3 atom stereocenters. The molecule has 1 aliphatic carbocycles. The van der Waals surface area contributed by atoms with Crippen molar-refractivity contribution in [2.75, 3.05) is 10.6 Å². The molecule has 128 valence electrons. The Kier molecular flexibility index (Phi) is 2.57. The standard InChI is InChI=1S/C16H27N5O2/c1-9-5-6-10(7-12(9)22)19-14-11(13(17)23)8-18-15(20-14)21-16(2,3)4/h8-10,12,22H,5-7H2,1-4H3,(H2,17,23)(H2,18,19,20,21)/i1D,5D2,6D2,7D2,10D,12D. The summed E-state index contributed by atoms with van der Waals surface area (Å²) in [4.78, 5) is 19.8. The third-order valence-corrected chi connectivity index (χ3v) is 2.74. The number of nitrogens with two attached hydrogens (primary N) is 1. The number of hydrogen-bond acceptors (Lipinski definition) is 6. The number of amides is 1. The molecule has 1 heterocycles. The average molecular weight is 330 g/mol. The van der Waals surface area contributed by atoms with E-state index in [0.717, 1.165) is 6.20 Å². The third kappa shape index (κ3) is 4.79. The fourth-order valence-corrected chi connectivity index (χ4v) is 1.71. The summed E-state index contributed by atoms with van der Waals surface area (Å²) in [6.45, 7) is 4.30. The Balaban J connectivity index is 2.75. The number of hydrogen-bond donors (Lipinski definition) is 4. The van der Waals surface area contributed by atoms with Gasteiger partial charge in [0, 0.05) is 27.3 Å². The van der Waals surface area contributed by atoms with Gasteiger partial charge in [-0.3, -0.25) is 4.79 Å². The number of anilines is 2. The van der Waals surface area contributed by atoms with E-state index in [1.807, 2.05) is 0 Å². The average Bonchev–Trinajstić information content (AvgIpc) is 2.58. The van der Waals surface area contributed by atoms with Crippen LogP contribution in [-0.2, 0) is 0 Å². The molecule has 1 amide bonds. The third-order valence-electron chi connectivity index (χ3n) is 2.74. The molecule has 0 spiro atoms. The van der Waals surface area contributed by atoms with Gasteiger partial charge in [0.15, 0.2) is 0 Å². The van der Waals surface area contributed by atoms with Gasteiger partial charge < -0.3 is 21.5 Å². The van der Waals surface area contributed by atoms with Crippen molar-refractivity contribution in [2.24, 2.45) is 11.7 Å². The highest BCUT2D eigenvalue weighted by Crippen LogP contribution is 2.27. The minimum absolute atomic E-state index is 0.0845. The summed E-state index contributed by atoms with van der Waals surface area (Å²) in [5, 5.41) is 15.6. The molecule has 1 aromatic rings. The Morgan fingerprint density at radius 1 is 1.57 bits per heavy atom. The van der Waals surface area contributed by atoms with Crippen LogP contribution in [0.4, 0.5) is 11.8 Å². The van der Waals surface area contributed by atoms with Crippen LogP contribution in [0.3, 0.4) is 0 Å². The van der Waals surface area contributed by atoms with Crippen molar-refractivity contribution in [2.45, 2.75) is 64.4 Å². The fraction of sp³-hybridized carbons (Fsp3) is 0.688. The zero-order valence-corrected chi connectivity index (χ0v) is 13.2. The van der Waals surface area contributed by atoms with E-state index in [0.29, 0.717) is 0 Å².